The lowest BCUT2D eigenvalue weighted by Gasteiger charge is -2.03. The molecule has 0 saturated heterocycles. The highest BCUT2D eigenvalue weighted by molar-refractivity contribution is 7.09. The van der Waals surface area contributed by atoms with Crippen molar-refractivity contribution in [3.63, 3.8) is 0 Å². The number of nitrogens with one attached hydrogen (secondary N) is 1. The summed E-state index contributed by atoms with van der Waals surface area (Å²) in [6, 6.07) is 5.53. The van der Waals surface area contributed by atoms with E-state index in [4.69, 9.17) is 5.26 Å². The van der Waals surface area contributed by atoms with Gasteiger partial charge in [-0.05, 0) is 25.1 Å². The summed E-state index contributed by atoms with van der Waals surface area (Å²) in [6.45, 7) is 1.80. The average Bonchev–Trinajstić information content (AvgIpc) is 2.78. The molecule has 0 unspecified atom stereocenters. The fourth-order valence-electron chi connectivity index (χ4n) is 1.35. The maximum absolute atomic E-state index is 13.1. The van der Waals surface area contributed by atoms with E-state index in [9.17, 15) is 9.18 Å². The summed E-state index contributed by atoms with van der Waals surface area (Å²) in [5, 5.41) is 13.7. The van der Waals surface area contributed by atoms with Crippen LogP contribution in [0.25, 0.3) is 0 Å². The predicted octanol–water partition coefficient (Wildman–Crippen LogP) is 2.71. The summed E-state index contributed by atoms with van der Waals surface area (Å²) in [5.74, 6) is -0.991. The van der Waals surface area contributed by atoms with E-state index >= 15 is 0 Å². The lowest BCUT2D eigenvalue weighted by atomic mass is 10.2. The Morgan fingerprint density at radius 2 is 2.33 bits per heavy atom. The molecule has 1 amide bonds. The summed E-state index contributed by atoms with van der Waals surface area (Å²) in [4.78, 5) is 15.8. The molecule has 4 nitrogen and oxygen atoms in total. The zero-order valence-corrected chi connectivity index (χ0v) is 10.2. The van der Waals surface area contributed by atoms with Gasteiger partial charge in [0.1, 0.15) is 17.6 Å². The lowest BCUT2D eigenvalue weighted by Crippen LogP contribution is -2.12. The van der Waals surface area contributed by atoms with E-state index in [1.54, 1.807) is 18.4 Å². The maximum Gasteiger partial charge on any atom is 0.275 e. The first-order valence-electron chi connectivity index (χ1n) is 5.03. The first-order chi connectivity index (χ1) is 8.60. The molecule has 1 heterocycles. The van der Waals surface area contributed by atoms with Crippen molar-refractivity contribution < 1.29 is 9.18 Å². The van der Waals surface area contributed by atoms with Gasteiger partial charge >= 0.3 is 0 Å². The molecule has 18 heavy (non-hydrogen) atoms. The van der Waals surface area contributed by atoms with Gasteiger partial charge in [-0.25, -0.2) is 9.37 Å². The second-order valence-corrected chi connectivity index (χ2v) is 4.57. The third-order valence-corrected chi connectivity index (χ3v) is 2.97. The molecule has 0 aliphatic rings. The monoisotopic (exact) mass is 261 g/mol. The first-order valence-corrected chi connectivity index (χ1v) is 5.91. The number of anilines is 1. The van der Waals surface area contributed by atoms with E-state index in [0.29, 0.717) is 11.4 Å². The fourth-order valence-corrected chi connectivity index (χ4v) is 1.94. The van der Waals surface area contributed by atoms with Crippen molar-refractivity contribution in [2.24, 2.45) is 0 Å². The van der Waals surface area contributed by atoms with Gasteiger partial charge in [-0.15, -0.1) is 11.3 Å². The number of halogens is 1. The largest absolute Gasteiger partial charge is 0.321 e. The number of nitriles is 1. The van der Waals surface area contributed by atoms with Crippen molar-refractivity contribution in [3.8, 4) is 6.07 Å². The van der Waals surface area contributed by atoms with E-state index in [2.05, 4.69) is 10.3 Å². The van der Waals surface area contributed by atoms with Crippen LogP contribution in [0.3, 0.4) is 0 Å². The van der Waals surface area contributed by atoms with Gasteiger partial charge in [-0.2, -0.15) is 5.26 Å². The average molecular weight is 261 g/mol. The number of benzene rings is 1. The van der Waals surface area contributed by atoms with Gasteiger partial charge < -0.3 is 5.32 Å². The molecule has 0 aliphatic carbocycles. The minimum Gasteiger partial charge on any atom is -0.321 e. The van der Waals surface area contributed by atoms with Crippen molar-refractivity contribution in [1.29, 1.82) is 5.26 Å². The molecule has 6 heteroatoms. The Kier molecular flexibility index (Phi) is 3.35. The third-order valence-electron chi connectivity index (χ3n) is 2.20. The molecule has 1 aromatic heterocycles. The van der Waals surface area contributed by atoms with Crippen LogP contribution in [-0.2, 0) is 0 Å². The van der Waals surface area contributed by atoms with Crippen LogP contribution in [0.5, 0.6) is 0 Å². The summed E-state index contributed by atoms with van der Waals surface area (Å²) in [5.41, 5.74) is 0.561. The number of rotatable bonds is 2. The standard InChI is InChI=1S/C12H8FN3OS/c1-7-15-11(6-18-7)12(17)16-9-2-3-10(13)8(4-9)5-14/h2-4,6H,1H3,(H,16,17). The van der Waals surface area contributed by atoms with Crippen molar-refractivity contribution in [2.45, 2.75) is 6.92 Å². The van der Waals surface area contributed by atoms with Gasteiger partial charge in [-0.3, -0.25) is 4.79 Å². The predicted molar refractivity (Wildman–Crippen MR) is 65.9 cm³/mol. The van der Waals surface area contributed by atoms with Crippen LogP contribution < -0.4 is 5.32 Å². The Morgan fingerprint density at radius 1 is 1.56 bits per heavy atom. The van der Waals surface area contributed by atoms with Gasteiger partial charge in [0.15, 0.2) is 0 Å². The minimum absolute atomic E-state index is 0.109. The highest BCUT2D eigenvalue weighted by Crippen LogP contribution is 2.15. The van der Waals surface area contributed by atoms with Crippen molar-refractivity contribution >= 4 is 22.9 Å². The summed E-state index contributed by atoms with van der Waals surface area (Å²) in [7, 11) is 0. The summed E-state index contributed by atoms with van der Waals surface area (Å²) in [6.07, 6.45) is 0. The number of carbonyl (C=O) groups excluding carboxylic acids is 1. The Morgan fingerprint density at radius 3 is 2.94 bits per heavy atom. The third kappa shape index (κ3) is 2.52. The van der Waals surface area contributed by atoms with Crippen LogP contribution in [0, 0.1) is 24.1 Å². The molecule has 0 bridgehead atoms. The van der Waals surface area contributed by atoms with Crippen LogP contribution >= 0.6 is 11.3 Å². The first kappa shape index (κ1) is 12.2. The Balaban J connectivity index is 2.20. The Labute approximate surface area is 107 Å². The number of hydrogen-bond donors (Lipinski definition) is 1. The molecule has 0 spiro atoms. The molecule has 1 N–H and O–H groups in total. The molecule has 90 valence electrons. The highest BCUT2D eigenvalue weighted by atomic mass is 32.1. The van der Waals surface area contributed by atoms with Gasteiger partial charge in [0.2, 0.25) is 0 Å². The molecule has 0 fully saturated rings. The number of thiazole rings is 1. The van der Waals surface area contributed by atoms with Crippen LogP contribution in [0.4, 0.5) is 10.1 Å². The normalized spacial score (nSPS) is 9.83. The van der Waals surface area contributed by atoms with Gasteiger partial charge in [0, 0.05) is 11.1 Å². The smallest absolute Gasteiger partial charge is 0.275 e. The van der Waals surface area contributed by atoms with Crippen LogP contribution in [0.1, 0.15) is 21.1 Å². The van der Waals surface area contributed by atoms with Gasteiger partial charge in [0.05, 0.1) is 10.6 Å². The number of hydrogen-bond acceptors (Lipinski definition) is 4. The second kappa shape index (κ2) is 4.94. The summed E-state index contributed by atoms with van der Waals surface area (Å²) < 4.78 is 13.1. The molecule has 0 aliphatic heterocycles. The second-order valence-electron chi connectivity index (χ2n) is 3.51. The SMILES string of the molecule is Cc1nc(C(=O)Nc2ccc(F)c(C#N)c2)cs1. The van der Waals surface area contributed by atoms with E-state index in [-0.39, 0.29) is 11.5 Å². The lowest BCUT2D eigenvalue weighted by molar-refractivity contribution is 0.102. The zero-order valence-electron chi connectivity index (χ0n) is 9.40. The van der Waals surface area contributed by atoms with Gasteiger partial charge in [0.25, 0.3) is 5.91 Å². The van der Waals surface area contributed by atoms with E-state index in [0.717, 1.165) is 11.1 Å². The minimum atomic E-state index is -0.611. The van der Waals surface area contributed by atoms with Crippen LogP contribution in [0.15, 0.2) is 23.6 Å². The number of aryl methyl sites for hydroxylation is 1. The molecule has 2 rings (SSSR count). The highest BCUT2D eigenvalue weighted by Gasteiger charge is 2.10. The topological polar surface area (TPSA) is 65.8 Å². The van der Waals surface area contributed by atoms with Crippen molar-refractivity contribution in [2.75, 3.05) is 5.32 Å². The van der Waals surface area contributed by atoms with E-state index < -0.39 is 5.82 Å². The maximum atomic E-state index is 13.1. The number of aromatic nitrogens is 1. The number of amides is 1. The number of nitrogens with zero attached hydrogens (tertiary/aromatic N) is 2. The molecular weight excluding hydrogens is 253 g/mol. The van der Waals surface area contributed by atoms with Gasteiger partial charge in [-0.1, -0.05) is 0 Å². The summed E-state index contributed by atoms with van der Waals surface area (Å²) >= 11 is 1.37. The van der Waals surface area contributed by atoms with Crippen LogP contribution in [-0.4, -0.2) is 10.9 Å². The van der Waals surface area contributed by atoms with Crippen molar-refractivity contribution in [1.82, 2.24) is 4.98 Å². The number of carbonyl (C=O) groups is 1. The molecule has 1 aromatic carbocycles. The quantitative estimate of drug-likeness (QED) is 0.903. The Bertz CT molecular complexity index is 645. The Hall–Kier alpha value is -2.26. The van der Waals surface area contributed by atoms with E-state index in [1.807, 2.05) is 0 Å². The zero-order chi connectivity index (χ0) is 13.1. The fraction of sp³-hybridized carbons (Fsp3) is 0.0833. The molecular formula is C12H8FN3OS. The molecule has 0 atom stereocenters. The van der Waals surface area contributed by atoms with Crippen molar-refractivity contribution in [3.05, 3.63) is 45.7 Å². The molecule has 0 saturated carbocycles. The van der Waals surface area contributed by atoms with Crippen LogP contribution in [0.2, 0.25) is 0 Å². The van der Waals surface area contributed by atoms with E-state index in [1.165, 1.54) is 23.5 Å². The molecule has 0 radical (unpaired) electrons. The molecule has 2 aromatic rings.